The lowest BCUT2D eigenvalue weighted by Crippen LogP contribution is -2.40. The highest BCUT2D eigenvalue weighted by Gasteiger charge is 2.19. The normalized spacial score (nSPS) is 19.4. The molecule has 1 aromatic heterocycles. The van der Waals surface area contributed by atoms with Gasteiger partial charge in [-0.3, -0.25) is 4.99 Å². The lowest BCUT2D eigenvalue weighted by molar-refractivity contribution is 0.187. The standard InChI is InChI=1S/C20H35N5S/c1-4-25-13-10-16(11-14-25)9-12-22-20(21-2)24(3)15-19-23-17-7-5-6-8-18(17)26-19/h16H,4-15H2,1-3H3,(H,21,22). The minimum absolute atomic E-state index is 0.853. The summed E-state index contributed by atoms with van der Waals surface area (Å²) < 4.78 is 0. The number of hydrogen-bond donors (Lipinski definition) is 1. The van der Waals surface area contributed by atoms with Crippen molar-refractivity contribution in [1.82, 2.24) is 20.1 Å². The first-order valence-corrected chi connectivity index (χ1v) is 11.1. The molecule has 6 heteroatoms. The van der Waals surface area contributed by atoms with Gasteiger partial charge in [-0.2, -0.15) is 0 Å². The molecule has 26 heavy (non-hydrogen) atoms. The van der Waals surface area contributed by atoms with Gasteiger partial charge in [-0.1, -0.05) is 6.92 Å². The van der Waals surface area contributed by atoms with Gasteiger partial charge in [0.25, 0.3) is 0 Å². The predicted molar refractivity (Wildman–Crippen MR) is 111 cm³/mol. The van der Waals surface area contributed by atoms with E-state index >= 15 is 0 Å². The van der Waals surface area contributed by atoms with Crippen molar-refractivity contribution < 1.29 is 0 Å². The van der Waals surface area contributed by atoms with Gasteiger partial charge in [-0.05, 0) is 70.5 Å². The van der Waals surface area contributed by atoms with E-state index in [1.165, 1.54) is 80.2 Å². The van der Waals surface area contributed by atoms with E-state index in [0.29, 0.717) is 0 Å². The van der Waals surface area contributed by atoms with E-state index in [1.807, 2.05) is 18.4 Å². The number of nitrogens with zero attached hydrogens (tertiary/aromatic N) is 4. The van der Waals surface area contributed by atoms with Gasteiger partial charge in [-0.25, -0.2) is 4.98 Å². The molecule has 1 aliphatic heterocycles. The molecule has 1 aliphatic carbocycles. The minimum atomic E-state index is 0.853. The fraction of sp³-hybridized carbons (Fsp3) is 0.800. The number of hydrogen-bond acceptors (Lipinski definition) is 4. The van der Waals surface area contributed by atoms with Crippen molar-refractivity contribution in [3.8, 4) is 0 Å². The Labute approximate surface area is 162 Å². The number of nitrogens with one attached hydrogen (secondary N) is 1. The number of guanidine groups is 1. The molecule has 0 bridgehead atoms. The molecule has 0 amide bonds. The van der Waals surface area contributed by atoms with Gasteiger partial charge in [0.05, 0.1) is 12.2 Å². The maximum absolute atomic E-state index is 4.87. The van der Waals surface area contributed by atoms with E-state index in [4.69, 9.17) is 4.98 Å². The first-order chi connectivity index (χ1) is 12.7. The van der Waals surface area contributed by atoms with Gasteiger partial charge >= 0.3 is 0 Å². The summed E-state index contributed by atoms with van der Waals surface area (Å²) in [4.78, 5) is 15.6. The van der Waals surface area contributed by atoms with Gasteiger partial charge in [0, 0.05) is 25.5 Å². The van der Waals surface area contributed by atoms with Crippen LogP contribution in [0.2, 0.25) is 0 Å². The van der Waals surface area contributed by atoms with Crippen LogP contribution in [0.4, 0.5) is 0 Å². The third kappa shape index (κ3) is 5.19. The van der Waals surface area contributed by atoms with Gasteiger partial charge in [-0.15, -0.1) is 11.3 Å². The lowest BCUT2D eigenvalue weighted by atomic mass is 9.93. The van der Waals surface area contributed by atoms with E-state index in [1.54, 1.807) is 0 Å². The van der Waals surface area contributed by atoms with E-state index in [0.717, 1.165) is 25.0 Å². The SMILES string of the molecule is CCN1CCC(CCNC(=NC)N(C)Cc2nc3c(s2)CCCC3)CC1. The molecular weight excluding hydrogens is 342 g/mol. The number of thiazole rings is 1. The molecule has 1 saturated heterocycles. The number of piperidine rings is 1. The molecule has 0 atom stereocenters. The summed E-state index contributed by atoms with van der Waals surface area (Å²) in [6.45, 7) is 7.87. The largest absolute Gasteiger partial charge is 0.356 e. The molecule has 0 unspecified atom stereocenters. The Bertz CT molecular complexity index is 566. The Balaban J connectivity index is 1.42. The summed E-state index contributed by atoms with van der Waals surface area (Å²) in [6.07, 6.45) is 8.94. The zero-order chi connectivity index (χ0) is 18.4. The third-order valence-electron chi connectivity index (χ3n) is 5.83. The van der Waals surface area contributed by atoms with Crippen LogP contribution in [0.1, 0.15) is 54.6 Å². The topological polar surface area (TPSA) is 43.8 Å². The number of fused-ring (bicyclic) bond motifs is 1. The second kappa shape index (κ2) is 9.70. The Morgan fingerprint density at radius 2 is 2.08 bits per heavy atom. The van der Waals surface area contributed by atoms with E-state index in [2.05, 4.69) is 34.1 Å². The van der Waals surface area contributed by atoms with Crippen LogP contribution in [0.15, 0.2) is 4.99 Å². The van der Waals surface area contributed by atoms with Crippen molar-refractivity contribution in [1.29, 1.82) is 0 Å². The molecule has 146 valence electrons. The van der Waals surface area contributed by atoms with Gasteiger partial charge in [0.2, 0.25) is 0 Å². The van der Waals surface area contributed by atoms with Gasteiger partial charge < -0.3 is 15.1 Å². The summed E-state index contributed by atoms with van der Waals surface area (Å²) in [5.41, 5.74) is 1.35. The lowest BCUT2D eigenvalue weighted by Gasteiger charge is -2.31. The molecule has 3 rings (SSSR count). The number of aromatic nitrogens is 1. The maximum atomic E-state index is 4.87. The quantitative estimate of drug-likeness (QED) is 0.611. The second-order valence-electron chi connectivity index (χ2n) is 7.68. The molecule has 1 fully saturated rings. The van der Waals surface area contributed by atoms with Gasteiger partial charge in [0.1, 0.15) is 5.01 Å². The Morgan fingerprint density at radius 1 is 1.31 bits per heavy atom. The molecule has 2 aliphatic rings. The molecule has 0 aromatic carbocycles. The van der Waals surface area contributed by atoms with E-state index in [-0.39, 0.29) is 0 Å². The molecule has 5 nitrogen and oxygen atoms in total. The molecule has 0 spiro atoms. The second-order valence-corrected chi connectivity index (χ2v) is 8.85. The van der Waals surface area contributed by atoms with Crippen LogP contribution in [0, 0.1) is 5.92 Å². The average Bonchev–Trinajstić information content (AvgIpc) is 3.07. The van der Waals surface area contributed by atoms with Crippen LogP contribution in [0.25, 0.3) is 0 Å². The predicted octanol–water partition coefficient (Wildman–Crippen LogP) is 3.15. The van der Waals surface area contributed by atoms with Crippen LogP contribution in [-0.4, -0.2) is 61.0 Å². The Hall–Kier alpha value is -1.14. The number of aliphatic imine (C=N–C) groups is 1. The molecule has 0 saturated carbocycles. The van der Waals surface area contributed by atoms with Crippen molar-refractivity contribution in [2.24, 2.45) is 10.9 Å². The van der Waals surface area contributed by atoms with Crippen LogP contribution >= 0.6 is 11.3 Å². The molecule has 0 radical (unpaired) electrons. The van der Waals surface area contributed by atoms with Crippen molar-refractivity contribution in [2.45, 2.75) is 58.4 Å². The van der Waals surface area contributed by atoms with Crippen LogP contribution in [0.3, 0.4) is 0 Å². The van der Waals surface area contributed by atoms with Crippen LogP contribution < -0.4 is 5.32 Å². The molecule has 2 heterocycles. The van der Waals surface area contributed by atoms with E-state index < -0.39 is 0 Å². The monoisotopic (exact) mass is 377 g/mol. The highest BCUT2D eigenvalue weighted by atomic mass is 32.1. The fourth-order valence-electron chi connectivity index (χ4n) is 4.12. The smallest absolute Gasteiger partial charge is 0.193 e. The van der Waals surface area contributed by atoms with E-state index in [9.17, 15) is 0 Å². The first-order valence-electron chi connectivity index (χ1n) is 10.3. The Kier molecular flexibility index (Phi) is 7.32. The van der Waals surface area contributed by atoms with Crippen molar-refractivity contribution in [3.05, 3.63) is 15.6 Å². The summed E-state index contributed by atoms with van der Waals surface area (Å²) in [5, 5.41) is 4.79. The van der Waals surface area contributed by atoms with Gasteiger partial charge in [0.15, 0.2) is 5.96 Å². The molecule has 1 N–H and O–H groups in total. The summed E-state index contributed by atoms with van der Waals surface area (Å²) in [7, 11) is 4.00. The van der Waals surface area contributed by atoms with Crippen molar-refractivity contribution >= 4 is 17.3 Å². The number of likely N-dealkylation sites (tertiary alicyclic amines) is 1. The Morgan fingerprint density at radius 3 is 2.77 bits per heavy atom. The summed E-state index contributed by atoms with van der Waals surface area (Å²) in [5.74, 6) is 1.85. The van der Waals surface area contributed by atoms with Crippen molar-refractivity contribution in [2.75, 3.05) is 40.3 Å². The minimum Gasteiger partial charge on any atom is -0.356 e. The number of aryl methyl sites for hydroxylation is 2. The third-order valence-corrected chi connectivity index (χ3v) is 6.97. The zero-order valence-corrected chi connectivity index (χ0v) is 17.6. The fourth-order valence-corrected chi connectivity index (χ4v) is 5.33. The maximum Gasteiger partial charge on any atom is 0.193 e. The first kappa shape index (κ1) is 19.6. The zero-order valence-electron chi connectivity index (χ0n) is 16.8. The summed E-state index contributed by atoms with van der Waals surface area (Å²) in [6, 6.07) is 0. The molecule has 1 aromatic rings. The summed E-state index contributed by atoms with van der Waals surface area (Å²) >= 11 is 1.90. The highest BCUT2D eigenvalue weighted by molar-refractivity contribution is 7.11. The number of rotatable bonds is 6. The average molecular weight is 378 g/mol. The van der Waals surface area contributed by atoms with Crippen LogP contribution in [-0.2, 0) is 19.4 Å². The van der Waals surface area contributed by atoms with Crippen LogP contribution in [0.5, 0.6) is 0 Å². The van der Waals surface area contributed by atoms with Crippen molar-refractivity contribution in [3.63, 3.8) is 0 Å². The highest BCUT2D eigenvalue weighted by Crippen LogP contribution is 2.27. The molecular formula is C20H35N5S.